The SMILES string of the molecule is NCc1cccc(Cl)c1N1c2ccccc2SC1N. The van der Waals surface area contributed by atoms with Crippen LogP contribution < -0.4 is 16.4 Å². The summed E-state index contributed by atoms with van der Waals surface area (Å²) in [6.45, 7) is 0.436. The van der Waals surface area contributed by atoms with E-state index in [0.717, 1.165) is 21.8 Å². The number of hydrogen-bond donors (Lipinski definition) is 2. The van der Waals surface area contributed by atoms with E-state index in [1.54, 1.807) is 11.8 Å². The molecule has 1 atom stereocenters. The molecule has 5 heteroatoms. The molecular formula is C14H14ClN3S. The quantitative estimate of drug-likeness (QED) is 0.891. The van der Waals surface area contributed by atoms with Crippen LogP contribution in [-0.4, -0.2) is 5.50 Å². The molecule has 0 radical (unpaired) electrons. The van der Waals surface area contributed by atoms with Crippen molar-refractivity contribution in [3.8, 4) is 0 Å². The van der Waals surface area contributed by atoms with Crippen LogP contribution in [0.4, 0.5) is 11.4 Å². The predicted molar refractivity (Wildman–Crippen MR) is 81.8 cm³/mol. The zero-order valence-corrected chi connectivity index (χ0v) is 11.8. The van der Waals surface area contributed by atoms with Gasteiger partial charge in [0.05, 0.1) is 16.4 Å². The maximum Gasteiger partial charge on any atom is 0.134 e. The Hall–Kier alpha value is -1.20. The maximum absolute atomic E-state index is 6.36. The van der Waals surface area contributed by atoms with Gasteiger partial charge in [-0.25, -0.2) is 0 Å². The van der Waals surface area contributed by atoms with E-state index in [-0.39, 0.29) is 5.50 Å². The van der Waals surface area contributed by atoms with Crippen LogP contribution in [-0.2, 0) is 6.54 Å². The lowest BCUT2D eigenvalue weighted by Gasteiger charge is -2.27. The Morgan fingerprint density at radius 1 is 1.16 bits per heavy atom. The predicted octanol–water partition coefficient (Wildman–Crippen LogP) is 3.28. The summed E-state index contributed by atoms with van der Waals surface area (Å²) >= 11 is 7.98. The van der Waals surface area contributed by atoms with Crippen LogP contribution in [0.25, 0.3) is 0 Å². The summed E-state index contributed by atoms with van der Waals surface area (Å²) in [6.07, 6.45) is 0. The molecule has 3 rings (SSSR count). The molecule has 0 bridgehead atoms. The third-order valence-corrected chi connectivity index (χ3v) is 4.51. The van der Waals surface area contributed by atoms with Crippen molar-refractivity contribution >= 4 is 34.7 Å². The van der Waals surface area contributed by atoms with E-state index >= 15 is 0 Å². The number of anilines is 2. The molecule has 0 fully saturated rings. The van der Waals surface area contributed by atoms with Gasteiger partial charge in [0.15, 0.2) is 0 Å². The number of fused-ring (bicyclic) bond motifs is 1. The van der Waals surface area contributed by atoms with Crippen molar-refractivity contribution in [2.45, 2.75) is 16.9 Å². The topological polar surface area (TPSA) is 55.3 Å². The molecule has 3 nitrogen and oxygen atoms in total. The first kappa shape index (κ1) is 12.8. The van der Waals surface area contributed by atoms with Crippen LogP contribution in [0.15, 0.2) is 47.4 Å². The van der Waals surface area contributed by atoms with Crippen LogP contribution in [0.1, 0.15) is 5.56 Å². The van der Waals surface area contributed by atoms with Gasteiger partial charge in [0, 0.05) is 11.4 Å². The van der Waals surface area contributed by atoms with Gasteiger partial charge in [-0.15, -0.1) is 0 Å². The van der Waals surface area contributed by atoms with Crippen molar-refractivity contribution in [1.82, 2.24) is 0 Å². The highest BCUT2D eigenvalue weighted by atomic mass is 35.5. The Kier molecular flexibility index (Phi) is 3.41. The summed E-state index contributed by atoms with van der Waals surface area (Å²) in [5.41, 5.74) is 14.9. The molecule has 4 N–H and O–H groups in total. The van der Waals surface area contributed by atoms with Crippen molar-refractivity contribution in [3.63, 3.8) is 0 Å². The summed E-state index contributed by atoms with van der Waals surface area (Å²) in [4.78, 5) is 3.22. The summed E-state index contributed by atoms with van der Waals surface area (Å²) in [7, 11) is 0. The Balaban J connectivity index is 2.18. The first-order valence-electron chi connectivity index (χ1n) is 6.00. The monoisotopic (exact) mass is 291 g/mol. The van der Waals surface area contributed by atoms with E-state index in [2.05, 4.69) is 17.0 Å². The van der Waals surface area contributed by atoms with E-state index < -0.39 is 0 Å². The standard InChI is InChI=1S/C14H14ClN3S/c15-10-5-3-4-9(8-16)13(10)18-11-6-1-2-7-12(11)19-14(18)17/h1-7,14H,8,16-17H2. The molecule has 2 aromatic carbocycles. The van der Waals surface area contributed by atoms with Crippen LogP contribution in [0.3, 0.4) is 0 Å². The summed E-state index contributed by atoms with van der Waals surface area (Å²) in [6, 6.07) is 13.9. The lowest BCUT2D eigenvalue weighted by Crippen LogP contribution is -2.33. The second-order valence-electron chi connectivity index (χ2n) is 4.30. The molecule has 0 spiro atoms. The highest BCUT2D eigenvalue weighted by Crippen LogP contribution is 2.48. The number of nitrogens with zero attached hydrogens (tertiary/aromatic N) is 1. The lowest BCUT2D eigenvalue weighted by molar-refractivity contribution is 0.915. The van der Waals surface area contributed by atoms with Gasteiger partial charge in [0.1, 0.15) is 5.50 Å². The minimum atomic E-state index is -0.178. The highest BCUT2D eigenvalue weighted by Gasteiger charge is 2.30. The average molecular weight is 292 g/mol. The Morgan fingerprint density at radius 2 is 1.95 bits per heavy atom. The van der Waals surface area contributed by atoms with Gasteiger partial charge in [-0.05, 0) is 23.8 Å². The van der Waals surface area contributed by atoms with E-state index in [1.807, 2.05) is 30.3 Å². The van der Waals surface area contributed by atoms with Gasteiger partial charge in [-0.1, -0.05) is 47.6 Å². The summed E-state index contributed by atoms with van der Waals surface area (Å²) < 4.78 is 0. The zero-order valence-electron chi connectivity index (χ0n) is 10.2. The van der Waals surface area contributed by atoms with E-state index in [4.69, 9.17) is 23.1 Å². The first-order valence-corrected chi connectivity index (χ1v) is 7.26. The third kappa shape index (κ3) is 2.11. The Morgan fingerprint density at radius 3 is 2.74 bits per heavy atom. The number of halogens is 1. The number of hydrogen-bond acceptors (Lipinski definition) is 4. The fourth-order valence-corrected chi connectivity index (χ4v) is 3.63. The molecule has 1 aliphatic heterocycles. The van der Waals surface area contributed by atoms with Gasteiger partial charge < -0.3 is 16.4 Å². The molecule has 2 aromatic rings. The Labute approximate surface area is 121 Å². The van der Waals surface area contributed by atoms with Crippen LogP contribution >= 0.6 is 23.4 Å². The fourth-order valence-electron chi connectivity index (χ4n) is 2.32. The minimum absolute atomic E-state index is 0.178. The number of rotatable bonds is 2. The molecule has 0 saturated carbocycles. The molecule has 19 heavy (non-hydrogen) atoms. The van der Waals surface area contributed by atoms with E-state index in [9.17, 15) is 0 Å². The summed E-state index contributed by atoms with van der Waals surface area (Å²) in [5, 5.41) is 0.677. The zero-order chi connectivity index (χ0) is 13.4. The molecule has 98 valence electrons. The minimum Gasteiger partial charge on any atom is -0.326 e. The molecular weight excluding hydrogens is 278 g/mol. The number of nitrogens with two attached hydrogens (primary N) is 2. The third-order valence-electron chi connectivity index (χ3n) is 3.16. The fraction of sp³-hybridized carbons (Fsp3) is 0.143. The first-order chi connectivity index (χ1) is 9.22. The molecule has 0 saturated heterocycles. The van der Waals surface area contributed by atoms with Gasteiger partial charge >= 0.3 is 0 Å². The average Bonchev–Trinajstić information content (AvgIpc) is 2.74. The van der Waals surface area contributed by atoms with E-state index in [1.165, 1.54) is 0 Å². The molecule has 0 aliphatic carbocycles. The van der Waals surface area contributed by atoms with Gasteiger partial charge in [-0.3, -0.25) is 0 Å². The number of benzene rings is 2. The largest absolute Gasteiger partial charge is 0.326 e. The van der Waals surface area contributed by atoms with Crippen molar-refractivity contribution in [1.29, 1.82) is 0 Å². The van der Waals surface area contributed by atoms with Crippen molar-refractivity contribution in [2.75, 3.05) is 4.90 Å². The number of thioether (sulfide) groups is 1. The summed E-state index contributed by atoms with van der Waals surface area (Å²) in [5.74, 6) is 0. The molecule has 0 aromatic heterocycles. The van der Waals surface area contributed by atoms with Crippen LogP contribution in [0.5, 0.6) is 0 Å². The van der Waals surface area contributed by atoms with Gasteiger partial charge in [-0.2, -0.15) is 0 Å². The second kappa shape index (κ2) is 5.06. The van der Waals surface area contributed by atoms with Gasteiger partial charge in [0.25, 0.3) is 0 Å². The normalized spacial score (nSPS) is 17.6. The van der Waals surface area contributed by atoms with Crippen LogP contribution in [0, 0.1) is 0 Å². The Bertz CT molecular complexity index is 617. The molecule has 0 amide bonds. The van der Waals surface area contributed by atoms with Crippen molar-refractivity contribution < 1.29 is 0 Å². The van der Waals surface area contributed by atoms with Gasteiger partial charge in [0.2, 0.25) is 0 Å². The maximum atomic E-state index is 6.36. The second-order valence-corrected chi connectivity index (χ2v) is 5.86. The van der Waals surface area contributed by atoms with E-state index in [0.29, 0.717) is 11.6 Å². The molecule has 1 unspecified atom stereocenters. The molecule has 1 aliphatic rings. The van der Waals surface area contributed by atoms with Crippen molar-refractivity contribution in [2.24, 2.45) is 11.5 Å². The molecule has 1 heterocycles. The van der Waals surface area contributed by atoms with Crippen LogP contribution in [0.2, 0.25) is 5.02 Å². The number of para-hydroxylation sites is 2. The van der Waals surface area contributed by atoms with Crippen molar-refractivity contribution in [3.05, 3.63) is 53.1 Å². The lowest BCUT2D eigenvalue weighted by atomic mass is 10.1. The highest BCUT2D eigenvalue weighted by molar-refractivity contribution is 8.00. The smallest absolute Gasteiger partial charge is 0.134 e.